The standard InChI is InChI=1S/C51H47N3O8/c1-32(34-15-7-4-8-16-34)52-49(60)53-40-26-21-33(27-30-50(61)28-13-2-3-14-29-50)31-39(40)51(48(53)59)41(46(56)57)43-47(58)62-44(36-19-11-6-12-20-36)42(35-17-9-5-10-18-35)54(43)45(51)37-22-24-38(55)25-23-37/h4-12,15-26,31-32,41-45,55,61H,2-3,13-14,28-29H2,1H3,(H,52,60)(H,56,57). The molecule has 0 bridgehead atoms. The Morgan fingerprint density at radius 2 is 1.39 bits per heavy atom. The Morgan fingerprint density at radius 1 is 0.774 bits per heavy atom. The van der Waals surface area contributed by atoms with Crippen molar-refractivity contribution in [3.63, 3.8) is 0 Å². The molecule has 2 saturated heterocycles. The van der Waals surface area contributed by atoms with Crippen LogP contribution in [0, 0.1) is 17.8 Å². The molecule has 0 aromatic heterocycles. The van der Waals surface area contributed by atoms with E-state index in [1.807, 2.05) is 91.0 Å². The number of ether oxygens (including phenoxy) is 1. The third-order valence-corrected chi connectivity index (χ3v) is 13.1. The number of hydrogen-bond donors (Lipinski definition) is 4. The number of carbonyl (C=O) groups is 4. The van der Waals surface area contributed by atoms with E-state index in [2.05, 4.69) is 17.2 Å². The fourth-order valence-corrected chi connectivity index (χ4v) is 10.3. The Morgan fingerprint density at radius 3 is 2.02 bits per heavy atom. The lowest BCUT2D eigenvalue weighted by atomic mass is 9.65. The first kappa shape index (κ1) is 40.7. The van der Waals surface area contributed by atoms with Gasteiger partial charge in [-0.1, -0.05) is 128 Å². The van der Waals surface area contributed by atoms with Crippen LogP contribution in [-0.4, -0.2) is 55.7 Å². The molecule has 1 spiro atoms. The zero-order valence-electron chi connectivity index (χ0n) is 34.2. The number of benzene rings is 5. The van der Waals surface area contributed by atoms with Gasteiger partial charge in [0.2, 0.25) is 5.91 Å². The molecule has 7 unspecified atom stereocenters. The van der Waals surface area contributed by atoms with Crippen molar-refractivity contribution >= 4 is 29.6 Å². The number of morpholine rings is 1. The van der Waals surface area contributed by atoms with Crippen molar-refractivity contribution in [1.29, 1.82) is 0 Å². The summed E-state index contributed by atoms with van der Waals surface area (Å²) in [5.74, 6) is 1.30. The maximum absolute atomic E-state index is 16.1. The number of anilines is 1. The average Bonchev–Trinajstić information content (AvgIpc) is 3.62. The number of imide groups is 1. The minimum absolute atomic E-state index is 0.0602. The van der Waals surface area contributed by atoms with Gasteiger partial charge in [0.15, 0.2) is 0 Å². The summed E-state index contributed by atoms with van der Waals surface area (Å²) in [6, 6.07) is 33.9. The number of esters is 1. The summed E-state index contributed by atoms with van der Waals surface area (Å²) in [6.45, 7) is 1.79. The highest BCUT2D eigenvalue weighted by Crippen LogP contribution is 2.66. The summed E-state index contributed by atoms with van der Waals surface area (Å²) in [5, 5.41) is 36.7. The molecule has 314 valence electrons. The summed E-state index contributed by atoms with van der Waals surface area (Å²) in [6.07, 6.45) is 3.73. The van der Waals surface area contributed by atoms with Gasteiger partial charge >= 0.3 is 18.0 Å². The highest BCUT2D eigenvalue weighted by molar-refractivity contribution is 6.24. The molecule has 7 atom stereocenters. The topological polar surface area (TPSA) is 157 Å². The maximum Gasteiger partial charge on any atom is 0.329 e. The Bertz CT molecular complexity index is 2570. The van der Waals surface area contributed by atoms with Crippen LogP contribution in [0.5, 0.6) is 5.75 Å². The van der Waals surface area contributed by atoms with E-state index in [0.29, 0.717) is 35.1 Å². The summed E-state index contributed by atoms with van der Waals surface area (Å²) in [7, 11) is 0. The molecular formula is C51H47N3O8. The molecule has 11 heteroatoms. The molecule has 5 aromatic rings. The number of rotatable bonds is 6. The fraction of sp³-hybridized carbons (Fsp3) is 0.294. The molecule has 11 nitrogen and oxygen atoms in total. The van der Waals surface area contributed by atoms with E-state index in [4.69, 9.17) is 4.74 Å². The van der Waals surface area contributed by atoms with Gasteiger partial charge in [-0.2, -0.15) is 0 Å². The normalized spacial score (nSPS) is 25.7. The first-order valence-corrected chi connectivity index (χ1v) is 21.2. The quantitative estimate of drug-likeness (QED) is 0.0756. The monoisotopic (exact) mass is 829 g/mol. The van der Waals surface area contributed by atoms with Crippen molar-refractivity contribution in [2.24, 2.45) is 5.92 Å². The second-order valence-corrected chi connectivity index (χ2v) is 16.8. The van der Waals surface area contributed by atoms with E-state index < -0.39 is 71.1 Å². The minimum Gasteiger partial charge on any atom is -0.508 e. The first-order chi connectivity index (χ1) is 30.0. The molecule has 9 rings (SSSR count). The number of carbonyl (C=O) groups excluding carboxylic acids is 3. The molecule has 3 amide bonds. The molecule has 4 aliphatic rings. The van der Waals surface area contributed by atoms with Crippen LogP contribution in [0.3, 0.4) is 0 Å². The maximum atomic E-state index is 16.1. The average molecular weight is 830 g/mol. The lowest BCUT2D eigenvalue weighted by Gasteiger charge is -2.46. The minimum atomic E-state index is -2.15. The van der Waals surface area contributed by atoms with Gasteiger partial charge in [0.05, 0.1) is 23.8 Å². The number of hydrogen-bond acceptors (Lipinski definition) is 8. The van der Waals surface area contributed by atoms with Crippen molar-refractivity contribution in [3.8, 4) is 17.6 Å². The number of amides is 3. The predicted molar refractivity (Wildman–Crippen MR) is 231 cm³/mol. The molecule has 62 heavy (non-hydrogen) atoms. The predicted octanol–water partition coefficient (Wildman–Crippen LogP) is 8.05. The van der Waals surface area contributed by atoms with Crippen molar-refractivity contribution < 1.29 is 39.2 Å². The Labute approximate surface area is 360 Å². The zero-order valence-corrected chi connectivity index (χ0v) is 34.2. The zero-order chi connectivity index (χ0) is 43.2. The number of phenolic OH excluding ortho intramolecular Hbond substituents is 1. The van der Waals surface area contributed by atoms with E-state index in [9.17, 15) is 29.7 Å². The number of nitrogens with zero attached hydrogens (tertiary/aromatic N) is 2. The molecule has 4 N–H and O–H groups in total. The van der Waals surface area contributed by atoms with Gasteiger partial charge in [-0.05, 0) is 90.8 Å². The number of aromatic hydroxyl groups is 1. The fourth-order valence-electron chi connectivity index (χ4n) is 10.3. The van der Waals surface area contributed by atoms with Gasteiger partial charge in [-0.15, -0.1) is 0 Å². The Balaban J connectivity index is 1.30. The van der Waals surface area contributed by atoms with Crippen LogP contribution in [0.4, 0.5) is 10.5 Å². The van der Waals surface area contributed by atoms with E-state index in [0.717, 1.165) is 36.1 Å². The van der Waals surface area contributed by atoms with Crippen LogP contribution in [0.25, 0.3) is 0 Å². The molecule has 3 fully saturated rings. The molecule has 1 saturated carbocycles. The van der Waals surface area contributed by atoms with Crippen LogP contribution in [0.15, 0.2) is 133 Å². The SMILES string of the molecule is CC(NC(=O)N1C(=O)C2(c3cc(C#CC4(O)CCCCCC4)ccc31)C(C(=O)O)C1C(=O)OC(c3ccccc3)C(c3ccccc3)N1C2c1ccc(O)cc1)c1ccccc1. The summed E-state index contributed by atoms with van der Waals surface area (Å²) >= 11 is 0. The molecule has 3 aliphatic heterocycles. The highest BCUT2D eigenvalue weighted by Gasteiger charge is 2.76. The van der Waals surface area contributed by atoms with E-state index >= 15 is 4.79 Å². The van der Waals surface area contributed by atoms with Gasteiger partial charge < -0.3 is 25.4 Å². The van der Waals surface area contributed by atoms with Gasteiger partial charge in [-0.25, -0.2) is 9.69 Å². The van der Waals surface area contributed by atoms with E-state index in [1.54, 1.807) is 42.2 Å². The number of carboxylic acids is 1. The number of fused-ring (bicyclic) bond motifs is 3. The second kappa shape index (κ2) is 16.3. The largest absolute Gasteiger partial charge is 0.508 e. The third kappa shape index (κ3) is 6.89. The molecule has 3 heterocycles. The second-order valence-electron chi connectivity index (χ2n) is 16.8. The Kier molecular flexibility index (Phi) is 10.7. The lowest BCUT2D eigenvalue weighted by Crippen LogP contribution is -2.54. The van der Waals surface area contributed by atoms with Crippen LogP contribution in [0.1, 0.15) is 103 Å². The summed E-state index contributed by atoms with van der Waals surface area (Å²) in [5.41, 5.74) is -0.0537. The van der Waals surface area contributed by atoms with Crippen molar-refractivity contribution in [3.05, 3.63) is 167 Å². The smallest absolute Gasteiger partial charge is 0.329 e. The number of aliphatic hydroxyl groups is 1. The summed E-state index contributed by atoms with van der Waals surface area (Å²) in [4.78, 5) is 62.7. The van der Waals surface area contributed by atoms with Crippen LogP contribution in [-0.2, 0) is 24.5 Å². The number of phenols is 1. The lowest BCUT2D eigenvalue weighted by molar-refractivity contribution is -0.179. The highest BCUT2D eigenvalue weighted by atomic mass is 16.6. The van der Waals surface area contributed by atoms with Crippen molar-refractivity contribution in [1.82, 2.24) is 10.2 Å². The van der Waals surface area contributed by atoms with Crippen LogP contribution < -0.4 is 10.2 Å². The molecule has 0 radical (unpaired) electrons. The molecular weight excluding hydrogens is 783 g/mol. The van der Waals surface area contributed by atoms with Gasteiger partial charge in [0.25, 0.3) is 0 Å². The van der Waals surface area contributed by atoms with E-state index in [-0.39, 0.29) is 17.0 Å². The van der Waals surface area contributed by atoms with E-state index in [1.165, 1.54) is 12.1 Å². The van der Waals surface area contributed by atoms with Crippen molar-refractivity contribution in [2.45, 2.75) is 86.7 Å². The number of nitrogens with one attached hydrogen (secondary N) is 1. The third-order valence-electron chi connectivity index (χ3n) is 13.1. The first-order valence-electron chi connectivity index (χ1n) is 21.2. The number of carboxylic acid groups (broad SMARTS) is 1. The number of urea groups is 1. The van der Waals surface area contributed by atoms with Gasteiger partial charge in [-0.3, -0.25) is 19.3 Å². The summed E-state index contributed by atoms with van der Waals surface area (Å²) < 4.78 is 6.35. The van der Waals surface area contributed by atoms with Gasteiger partial charge in [0.1, 0.15) is 34.8 Å². The Hall–Kier alpha value is -6.74. The van der Waals surface area contributed by atoms with Gasteiger partial charge in [0, 0.05) is 5.56 Å². The molecule has 5 aromatic carbocycles. The van der Waals surface area contributed by atoms with Crippen molar-refractivity contribution in [2.75, 3.05) is 4.90 Å². The number of cyclic esters (lactones) is 1. The van der Waals surface area contributed by atoms with Crippen LogP contribution in [0.2, 0.25) is 0 Å². The molecule has 1 aliphatic carbocycles. The number of aliphatic carboxylic acids is 1. The van der Waals surface area contributed by atoms with Crippen LogP contribution >= 0.6 is 0 Å².